The smallest absolute Gasteiger partial charge is 0.315 e. The van der Waals surface area contributed by atoms with Gasteiger partial charge in [0.05, 0.1) is 18.5 Å². The largest absolute Gasteiger partial charge is 0.344 e. The Bertz CT molecular complexity index is 1360. The number of nitrogens with one attached hydrogen (secondary N) is 3. The highest BCUT2D eigenvalue weighted by Gasteiger charge is 2.48. The highest BCUT2D eigenvalue weighted by molar-refractivity contribution is 6.08. The van der Waals surface area contributed by atoms with Crippen LogP contribution in [0.15, 0.2) is 85.2 Å². The normalized spacial score (nSPS) is 13.4. The van der Waals surface area contributed by atoms with Gasteiger partial charge in [0.2, 0.25) is 11.7 Å². The molecule has 1 unspecified atom stereocenters. The molecule has 11 heteroatoms. The molecule has 0 bridgehead atoms. The van der Waals surface area contributed by atoms with Gasteiger partial charge >= 0.3 is 12.0 Å². The van der Waals surface area contributed by atoms with Crippen molar-refractivity contribution < 1.29 is 28.0 Å². The van der Waals surface area contributed by atoms with E-state index in [4.69, 9.17) is 5.73 Å². The van der Waals surface area contributed by atoms with Gasteiger partial charge in [0.25, 0.3) is 0 Å². The summed E-state index contributed by atoms with van der Waals surface area (Å²) in [5, 5.41) is 7.50. The molecule has 0 spiro atoms. The quantitative estimate of drug-likeness (QED) is 0.198. The first-order valence-corrected chi connectivity index (χ1v) is 14.0. The molecule has 0 aliphatic rings. The molecule has 9 nitrogen and oxygen atoms in total. The topological polar surface area (TPSA) is 143 Å². The number of amides is 3. The maximum Gasteiger partial charge on any atom is 0.315 e. The zero-order chi connectivity index (χ0) is 31.4. The van der Waals surface area contributed by atoms with Crippen LogP contribution in [0.1, 0.15) is 43.0 Å². The van der Waals surface area contributed by atoms with Crippen molar-refractivity contribution in [2.24, 2.45) is 17.6 Å². The molecule has 3 aromatic rings. The number of rotatable bonds is 15. The van der Waals surface area contributed by atoms with Crippen molar-refractivity contribution in [1.29, 1.82) is 0 Å². The number of Topliss-reactive ketones (excluding diaryl/α,β-unsaturated/α-hetero) is 2. The Kier molecular flexibility index (Phi) is 12.0. The number of aromatic nitrogens is 1. The van der Waals surface area contributed by atoms with Crippen LogP contribution in [0.25, 0.3) is 0 Å². The zero-order valence-corrected chi connectivity index (χ0v) is 24.1. The summed E-state index contributed by atoms with van der Waals surface area (Å²) in [5.74, 6) is -9.31. The number of hydrogen-bond acceptors (Lipinski definition) is 6. The van der Waals surface area contributed by atoms with E-state index in [1.54, 1.807) is 99.0 Å². The molecule has 0 radical (unpaired) electrons. The Hall–Kier alpha value is -4.51. The Morgan fingerprint density at radius 3 is 2.12 bits per heavy atom. The second-order valence-electron chi connectivity index (χ2n) is 10.6. The zero-order valence-electron chi connectivity index (χ0n) is 24.1. The first-order valence-electron chi connectivity index (χ1n) is 14.0. The molecule has 5 N–H and O–H groups in total. The average Bonchev–Trinajstić information content (AvgIpc) is 3.00. The lowest BCUT2D eigenvalue weighted by Gasteiger charge is -2.28. The number of nitrogens with two attached hydrogens (primary N) is 1. The van der Waals surface area contributed by atoms with Gasteiger partial charge in [-0.2, -0.15) is 8.78 Å². The molecular formula is C32H37F2N5O4. The van der Waals surface area contributed by atoms with Crippen LogP contribution >= 0.6 is 0 Å². The van der Waals surface area contributed by atoms with Gasteiger partial charge in [-0.05, 0) is 35.1 Å². The van der Waals surface area contributed by atoms with Crippen LogP contribution < -0.4 is 21.7 Å². The predicted molar refractivity (Wildman–Crippen MR) is 158 cm³/mol. The number of alkyl halides is 2. The van der Waals surface area contributed by atoms with Gasteiger partial charge in [-0.3, -0.25) is 19.4 Å². The van der Waals surface area contributed by atoms with Crippen molar-refractivity contribution in [3.63, 3.8) is 0 Å². The highest BCUT2D eigenvalue weighted by Crippen LogP contribution is 2.32. The number of urea groups is 1. The molecule has 43 heavy (non-hydrogen) atoms. The minimum atomic E-state index is -3.91. The van der Waals surface area contributed by atoms with E-state index in [2.05, 4.69) is 20.9 Å². The molecular weight excluding hydrogens is 556 g/mol. The third-order valence-electron chi connectivity index (χ3n) is 6.88. The number of ketones is 2. The van der Waals surface area contributed by atoms with Crippen molar-refractivity contribution in [2.45, 2.75) is 51.2 Å². The maximum atomic E-state index is 15.5. The van der Waals surface area contributed by atoms with Crippen molar-refractivity contribution in [3.05, 3.63) is 102 Å². The number of hydrogen-bond donors (Lipinski definition) is 4. The second kappa shape index (κ2) is 15.6. The lowest BCUT2D eigenvalue weighted by molar-refractivity contribution is -0.153. The van der Waals surface area contributed by atoms with Crippen LogP contribution in [0.3, 0.4) is 0 Å². The summed E-state index contributed by atoms with van der Waals surface area (Å²) >= 11 is 0. The summed E-state index contributed by atoms with van der Waals surface area (Å²) < 4.78 is 30.9. The van der Waals surface area contributed by atoms with Gasteiger partial charge in [0.1, 0.15) is 0 Å². The van der Waals surface area contributed by atoms with E-state index in [1.807, 2.05) is 0 Å². The molecule has 0 aliphatic carbocycles. The average molecular weight is 594 g/mol. The molecule has 0 saturated heterocycles. The summed E-state index contributed by atoms with van der Waals surface area (Å²) in [6.07, 6.45) is 1.92. The van der Waals surface area contributed by atoms with E-state index >= 15 is 8.78 Å². The summed E-state index contributed by atoms with van der Waals surface area (Å²) in [6, 6.07) is 17.0. The second-order valence-corrected chi connectivity index (χ2v) is 10.6. The Morgan fingerprint density at radius 2 is 1.51 bits per heavy atom. The van der Waals surface area contributed by atoms with Crippen LogP contribution in [0, 0.1) is 11.8 Å². The van der Waals surface area contributed by atoms with Crippen molar-refractivity contribution in [1.82, 2.24) is 20.9 Å². The number of halogens is 2. The number of nitrogens with zero attached hydrogens (tertiary/aromatic N) is 1. The summed E-state index contributed by atoms with van der Waals surface area (Å²) in [6.45, 7) is 2.96. The molecule has 3 atom stereocenters. The van der Waals surface area contributed by atoms with Crippen LogP contribution in [0.4, 0.5) is 13.6 Å². The summed E-state index contributed by atoms with van der Waals surface area (Å²) in [4.78, 5) is 56.0. The molecule has 0 saturated carbocycles. The first kappa shape index (κ1) is 33.0. The van der Waals surface area contributed by atoms with E-state index in [1.165, 1.54) is 0 Å². The predicted octanol–water partition coefficient (Wildman–Crippen LogP) is 3.74. The molecule has 0 aliphatic heterocycles. The van der Waals surface area contributed by atoms with Gasteiger partial charge in [-0.15, -0.1) is 0 Å². The fraction of sp³-hybridized carbons (Fsp3) is 0.344. The Labute approximate surface area is 249 Å². The Balaban J connectivity index is 1.72. The first-order chi connectivity index (χ1) is 20.5. The molecule has 0 fully saturated rings. The fourth-order valence-electron chi connectivity index (χ4n) is 4.54. The molecule has 1 heterocycles. The monoisotopic (exact) mass is 593 g/mol. The molecule has 3 amide bonds. The highest BCUT2D eigenvalue weighted by atomic mass is 19.3. The number of carbonyl (C=O) groups is 4. The van der Waals surface area contributed by atoms with Gasteiger partial charge in [0.15, 0.2) is 5.78 Å². The van der Waals surface area contributed by atoms with Crippen molar-refractivity contribution >= 4 is 23.5 Å². The number of carbonyl (C=O) groups excluding carboxylic acids is 4. The summed E-state index contributed by atoms with van der Waals surface area (Å²) in [5.41, 5.74) is 7.72. The van der Waals surface area contributed by atoms with Crippen LogP contribution in [-0.2, 0) is 27.3 Å². The van der Waals surface area contributed by atoms with E-state index in [-0.39, 0.29) is 13.0 Å². The number of benzene rings is 2. The molecule has 2 aromatic carbocycles. The standard InChI is InChI=1S/C32H37F2N5O4/c1-21(2)28(39-27(40)20-38-31(43)37-19-23-12-9-15-36-18-23)29(41)25(16-22-10-5-3-6-11-22)30(42)32(33,34)17-26(35)24-13-7-4-8-14-24/h3-15,18,21,25-26,28H,16-17,19-20,35H2,1-2H3,(H,39,40)(H2,37,38,43)/t25-,26?,28-/m0/s1. The molecule has 228 valence electrons. The summed E-state index contributed by atoms with van der Waals surface area (Å²) in [7, 11) is 0. The van der Waals surface area contributed by atoms with Crippen LogP contribution in [-0.4, -0.2) is 47.0 Å². The van der Waals surface area contributed by atoms with E-state index in [9.17, 15) is 19.2 Å². The fourth-order valence-corrected chi connectivity index (χ4v) is 4.54. The number of pyridine rings is 1. The van der Waals surface area contributed by atoms with E-state index in [0.29, 0.717) is 11.1 Å². The van der Waals surface area contributed by atoms with E-state index in [0.717, 1.165) is 5.56 Å². The molecule has 1 aromatic heterocycles. The van der Waals surface area contributed by atoms with Crippen molar-refractivity contribution in [2.75, 3.05) is 6.54 Å². The van der Waals surface area contributed by atoms with Gasteiger partial charge in [-0.25, -0.2) is 4.79 Å². The lowest BCUT2D eigenvalue weighted by atomic mass is 9.81. The van der Waals surface area contributed by atoms with Crippen molar-refractivity contribution in [3.8, 4) is 0 Å². The van der Waals surface area contributed by atoms with Gasteiger partial charge < -0.3 is 21.7 Å². The van der Waals surface area contributed by atoms with Gasteiger partial charge in [0, 0.05) is 31.4 Å². The molecule has 3 rings (SSSR count). The third-order valence-corrected chi connectivity index (χ3v) is 6.88. The van der Waals surface area contributed by atoms with Crippen LogP contribution in [0.5, 0.6) is 0 Å². The minimum absolute atomic E-state index is 0.180. The minimum Gasteiger partial charge on any atom is -0.344 e. The SMILES string of the molecule is CC(C)[C@H](NC(=O)CNC(=O)NCc1cccnc1)C(=O)[C@H](Cc1ccccc1)C(=O)C(F)(F)CC(N)c1ccccc1. The Morgan fingerprint density at radius 1 is 0.884 bits per heavy atom. The van der Waals surface area contributed by atoms with Gasteiger partial charge in [-0.1, -0.05) is 80.6 Å². The maximum absolute atomic E-state index is 15.5. The third kappa shape index (κ3) is 10.1. The van der Waals surface area contributed by atoms with E-state index < -0.39 is 66.3 Å². The van der Waals surface area contributed by atoms with Crippen LogP contribution in [0.2, 0.25) is 0 Å². The lowest BCUT2D eigenvalue weighted by Crippen LogP contribution is -2.53.